The summed E-state index contributed by atoms with van der Waals surface area (Å²) >= 11 is 0. The molecule has 0 atom stereocenters. The minimum absolute atomic E-state index is 0.315. The Bertz CT molecular complexity index is 588. The van der Waals surface area contributed by atoms with Crippen molar-refractivity contribution in [3.63, 3.8) is 0 Å². The van der Waals surface area contributed by atoms with Crippen molar-refractivity contribution < 1.29 is 8.42 Å². The zero-order valence-electron chi connectivity index (χ0n) is 10.1. The van der Waals surface area contributed by atoms with Crippen molar-refractivity contribution in [3.8, 4) is 0 Å². The van der Waals surface area contributed by atoms with E-state index in [0.717, 1.165) is 16.9 Å². The highest BCUT2D eigenvalue weighted by molar-refractivity contribution is 7.87. The monoisotopic (exact) mass is 268 g/mol. The van der Waals surface area contributed by atoms with Gasteiger partial charge in [-0.05, 0) is 12.1 Å². The molecule has 6 nitrogen and oxygen atoms in total. The van der Waals surface area contributed by atoms with Crippen LogP contribution in [0, 0.1) is 0 Å². The Balaban J connectivity index is 1.94. The Labute approximate surface area is 106 Å². The predicted octanol–water partition coefficient (Wildman–Crippen LogP) is 0.549. The highest BCUT2D eigenvalue weighted by atomic mass is 32.2. The molecule has 98 valence electrons. The number of para-hydroxylation sites is 2. The maximum absolute atomic E-state index is 11.3. The predicted molar refractivity (Wildman–Crippen MR) is 70.4 cm³/mol. The van der Waals surface area contributed by atoms with E-state index in [-0.39, 0.29) is 0 Å². The third-order valence-electron chi connectivity index (χ3n) is 2.43. The van der Waals surface area contributed by atoms with Crippen molar-refractivity contribution in [2.45, 2.75) is 13.3 Å². The number of nitrogens with one attached hydrogen (secondary N) is 3. The average Bonchev–Trinajstić information content (AvgIpc) is 2.71. The number of rotatable bonds is 6. The molecule has 1 aromatic carbocycles. The van der Waals surface area contributed by atoms with Crippen molar-refractivity contribution in [2.75, 3.05) is 13.1 Å². The van der Waals surface area contributed by atoms with Crippen LogP contribution in [-0.2, 0) is 16.6 Å². The molecule has 0 fully saturated rings. The summed E-state index contributed by atoms with van der Waals surface area (Å²) in [5.74, 6) is 0.774. The fraction of sp³-hybridized carbons (Fsp3) is 0.364. The fourth-order valence-corrected chi connectivity index (χ4v) is 2.52. The van der Waals surface area contributed by atoms with Gasteiger partial charge in [0.15, 0.2) is 0 Å². The van der Waals surface area contributed by atoms with Crippen LogP contribution in [0.4, 0.5) is 0 Å². The maximum atomic E-state index is 11.3. The van der Waals surface area contributed by atoms with Gasteiger partial charge in [0.05, 0.1) is 11.0 Å². The number of H-pyrrole nitrogens is 1. The van der Waals surface area contributed by atoms with Crippen LogP contribution in [0.15, 0.2) is 24.3 Å². The van der Waals surface area contributed by atoms with Crippen LogP contribution < -0.4 is 9.44 Å². The quantitative estimate of drug-likeness (QED) is 0.715. The molecule has 18 heavy (non-hydrogen) atoms. The first-order valence-corrected chi connectivity index (χ1v) is 7.27. The van der Waals surface area contributed by atoms with E-state index >= 15 is 0 Å². The highest BCUT2D eigenvalue weighted by Crippen LogP contribution is 2.10. The number of imidazole rings is 1. The minimum Gasteiger partial charge on any atom is -0.342 e. The molecule has 2 rings (SSSR count). The standard InChI is InChI=1S/C11H16N4O2S/c1-2-12-18(16,17)13-8-7-11-14-9-5-3-4-6-10(9)15-11/h3-6,12-13H,2,7-8H2,1H3,(H,14,15). The van der Waals surface area contributed by atoms with E-state index in [1.165, 1.54) is 0 Å². The second-order valence-corrected chi connectivity index (χ2v) is 5.43. The number of hydrogen-bond acceptors (Lipinski definition) is 3. The molecule has 1 aromatic heterocycles. The summed E-state index contributed by atoms with van der Waals surface area (Å²) in [6.07, 6.45) is 0.527. The third kappa shape index (κ3) is 3.28. The highest BCUT2D eigenvalue weighted by Gasteiger charge is 2.07. The second-order valence-electron chi connectivity index (χ2n) is 3.85. The summed E-state index contributed by atoms with van der Waals surface area (Å²) in [5.41, 5.74) is 1.85. The smallest absolute Gasteiger partial charge is 0.276 e. The largest absolute Gasteiger partial charge is 0.342 e. The first kappa shape index (κ1) is 13.0. The van der Waals surface area contributed by atoms with Crippen LogP contribution in [0.25, 0.3) is 11.0 Å². The van der Waals surface area contributed by atoms with Gasteiger partial charge in [-0.1, -0.05) is 19.1 Å². The van der Waals surface area contributed by atoms with Crippen molar-refractivity contribution >= 4 is 21.2 Å². The van der Waals surface area contributed by atoms with E-state index in [1.807, 2.05) is 24.3 Å². The molecule has 0 bridgehead atoms. The van der Waals surface area contributed by atoms with E-state index < -0.39 is 10.2 Å². The molecule has 0 aliphatic carbocycles. The molecule has 0 spiro atoms. The molecule has 0 saturated carbocycles. The lowest BCUT2D eigenvalue weighted by Crippen LogP contribution is -2.37. The van der Waals surface area contributed by atoms with E-state index in [1.54, 1.807) is 6.92 Å². The van der Waals surface area contributed by atoms with Gasteiger partial charge in [-0.2, -0.15) is 8.42 Å². The summed E-state index contributed by atoms with van der Waals surface area (Å²) in [4.78, 5) is 7.51. The average molecular weight is 268 g/mol. The van der Waals surface area contributed by atoms with Gasteiger partial charge in [-0.15, -0.1) is 0 Å². The van der Waals surface area contributed by atoms with Crippen molar-refractivity contribution in [3.05, 3.63) is 30.1 Å². The Morgan fingerprint density at radius 1 is 1.28 bits per heavy atom. The first-order chi connectivity index (χ1) is 8.61. The van der Waals surface area contributed by atoms with Crippen LogP contribution in [-0.4, -0.2) is 31.5 Å². The molecule has 0 saturated heterocycles. The molecular formula is C11H16N4O2S. The van der Waals surface area contributed by atoms with Gasteiger partial charge in [0.25, 0.3) is 10.2 Å². The first-order valence-electron chi connectivity index (χ1n) is 5.78. The summed E-state index contributed by atoms with van der Waals surface area (Å²) in [6, 6.07) is 7.70. The Morgan fingerprint density at radius 2 is 2.06 bits per heavy atom. The van der Waals surface area contributed by atoms with Gasteiger partial charge in [0.1, 0.15) is 5.82 Å². The summed E-state index contributed by atoms with van der Waals surface area (Å²) in [5, 5.41) is 0. The number of aromatic amines is 1. The molecular weight excluding hydrogens is 252 g/mol. The Morgan fingerprint density at radius 3 is 2.78 bits per heavy atom. The number of nitrogens with zero attached hydrogens (tertiary/aromatic N) is 1. The van der Waals surface area contributed by atoms with Crippen LogP contribution in [0.1, 0.15) is 12.7 Å². The summed E-state index contributed by atoms with van der Waals surface area (Å²) in [6.45, 7) is 2.42. The number of hydrogen-bond donors (Lipinski definition) is 3. The van der Waals surface area contributed by atoms with Gasteiger partial charge in [-0.3, -0.25) is 0 Å². The van der Waals surface area contributed by atoms with E-state index in [4.69, 9.17) is 0 Å². The molecule has 0 unspecified atom stereocenters. The molecule has 2 aromatic rings. The molecule has 0 amide bonds. The summed E-state index contributed by atoms with van der Waals surface area (Å²) < 4.78 is 27.5. The number of benzene rings is 1. The minimum atomic E-state index is -3.37. The summed E-state index contributed by atoms with van der Waals surface area (Å²) in [7, 11) is -3.37. The Hall–Kier alpha value is -1.44. The molecule has 0 aliphatic rings. The van der Waals surface area contributed by atoms with Crippen LogP contribution >= 0.6 is 0 Å². The van der Waals surface area contributed by atoms with Crippen molar-refractivity contribution in [1.29, 1.82) is 0 Å². The second kappa shape index (κ2) is 5.47. The molecule has 7 heteroatoms. The van der Waals surface area contributed by atoms with Crippen molar-refractivity contribution in [2.24, 2.45) is 0 Å². The van der Waals surface area contributed by atoms with Crippen LogP contribution in [0.2, 0.25) is 0 Å². The molecule has 3 N–H and O–H groups in total. The van der Waals surface area contributed by atoms with E-state index in [9.17, 15) is 8.42 Å². The molecule has 0 radical (unpaired) electrons. The van der Waals surface area contributed by atoms with Gasteiger partial charge < -0.3 is 4.98 Å². The number of aromatic nitrogens is 2. The van der Waals surface area contributed by atoms with Crippen LogP contribution in [0.5, 0.6) is 0 Å². The lowest BCUT2D eigenvalue weighted by molar-refractivity contribution is 0.568. The zero-order chi connectivity index (χ0) is 13.0. The molecule has 1 heterocycles. The van der Waals surface area contributed by atoms with E-state index in [2.05, 4.69) is 19.4 Å². The SMILES string of the molecule is CCNS(=O)(=O)NCCc1nc2ccccc2[nH]1. The van der Waals surface area contributed by atoms with Gasteiger partial charge in [-0.25, -0.2) is 14.4 Å². The van der Waals surface area contributed by atoms with Gasteiger partial charge >= 0.3 is 0 Å². The lowest BCUT2D eigenvalue weighted by atomic mass is 10.3. The fourth-order valence-electron chi connectivity index (χ4n) is 1.67. The van der Waals surface area contributed by atoms with Crippen molar-refractivity contribution in [1.82, 2.24) is 19.4 Å². The normalized spacial score (nSPS) is 12.1. The zero-order valence-corrected chi connectivity index (χ0v) is 10.9. The van der Waals surface area contributed by atoms with Gasteiger partial charge in [0.2, 0.25) is 0 Å². The number of fused-ring (bicyclic) bond motifs is 1. The topological polar surface area (TPSA) is 86.9 Å². The maximum Gasteiger partial charge on any atom is 0.276 e. The van der Waals surface area contributed by atoms with Crippen LogP contribution in [0.3, 0.4) is 0 Å². The lowest BCUT2D eigenvalue weighted by Gasteiger charge is -2.04. The molecule has 0 aliphatic heterocycles. The van der Waals surface area contributed by atoms with Gasteiger partial charge in [0, 0.05) is 19.5 Å². The Kier molecular flexibility index (Phi) is 3.95. The van der Waals surface area contributed by atoms with E-state index in [0.29, 0.717) is 19.5 Å². The third-order valence-corrected chi connectivity index (χ3v) is 3.68.